The van der Waals surface area contributed by atoms with Gasteiger partial charge in [-0.3, -0.25) is 4.90 Å². The first-order valence-electron chi connectivity index (χ1n) is 8.01. The molecule has 0 radical (unpaired) electrons. The van der Waals surface area contributed by atoms with Gasteiger partial charge in [-0.15, -0.1) is 0 Å². The lowest BCUT2D eigenvalue weighted by molar-refractivity contribution is -0.193. The summed E-state index contributed by atoms with van der Waals surface area (Å²) in [5.74, 6) is -0.322. The summed E-state index contributed by atoms with van der Waals surface area (Å²) in [5, 5.41) is 3.47. The Morgan fingerprint density at radius 1 is 1.30 bits per heavy atom. The van der Waals surface area contributed by atoms with Gasteiger partial charge in [-0.1, -0.05) is 6.92 Å². The highest BCUT2D eigenvalue weighted by atomic mass is 16.7. The lowest BCUT2D eigenvalue weighted by atomic mass is 9.84. The molecule has 1 heterocycles. The average Bonchev–Trinajstić information content (AvgIpc) is 2.92. The first-order chi connectivity index (χ1) is 9.74. The Hall–Kier alpha value is -0.200. The standard InChI is InChI=1S/C15H30N2O3/c1-4-17(8-9-18-5-2)14-12-15(19-10-11-20-15)7-6-13(14)16-3/h13-14,16H,4-12H2,1-3H3. The number of rotatable bonds is 7. The number of nitrogens with one attached hydrogen (secondary N) is 1. The van der Waals surface area contributed by atoms with Crippen molar-refractivity contribution in [2.24, 2.45) is 0 Å². The van der Waals surface area contributed by atoms with Crippen LogP contribution in [0.25, 0.3) is 0 Å². The monoisotopic (exact) mass is 286 g/mol. The molecular formula is C15H30N2O3. The normalized spacial score (nSPS) is 29.4. The molecule has 2 atom stereocenters. The molecule has 1 saturated carbocycles. The van der Waals surface area contributed by atoms with Crippen molar-refractivity contribution < 1.29 is 14.2 Å². The van der Waals surface area contributed by atoms with E-state index < -0.39 is 0 Å². The second-order valence-corrected chi connectivity index (χ2v) is 5.64. The maximum absolute atomic E-state index is 5.92. The molecule has 2 aliphatic rings. The van der Waals surface area contributed by atoms with Gasteiger partial charge in [0.25, 0.3) is 0 Å². The molecule has 0 aromatic rings. The number of hydrogen-bond acceptors (Lipinski definition) is 5. The van der Waals surface area contributed by atoms with Crippen molar-refractivity contribution in [2.75, 3.05) is 46.6 Å². The van der Waals surface area contributed by atoms with Crippen LogP contribution in [0.4, 0.5) is 0 Å². The van der Waals surface area contributed by atoms with Gasteiger partial charge >= 0.3 is 0 Å². The van der Waals surface area contributed by atoms with Gasteiger partial charge < -0.3 is 19.5 Å². The number of hydrogen-bond donors (Lipinski definition) is 1. The molecule has 0 aromatic heterocycles. The predicted molar refractivity (Wildman–Crippen MR) is 78.9 cm³/mol. The van der Waals surface area contributed by atoms with Crippen molar-refractivity contribution in [3.05, 3.63) is 0 Å². The third kappa shape index (κ3) is 3.71. The Morgan fingerprint density at radius 3 is 2.65 bits per heavy atom. The Bertz CT molecular complexity index is 282. The first kappa shape index (κ1) is 16.2. The van der Waals surface area contributed by atoms with E-state index in [1.54, 1.807) is 0 Å². The molecule has 0 amide bonds. The maximum Gasteiger partial charge on any atom is 0.170 e. The molecule has 1 spiro atoms. The molecule has 5 nitrogen and oxygen atoms in total. The van der Waals surface area contributed by atoms with Gasteiger partial charge in [-0.05, 0) is 26.9 Å². The van der Waals surface area contributed by atoms with E-state index in [4.69, 9.17) is 14.2 Å². The lowest BCUT2D eigenvalue weighted by Gasteiger charge is -2.45. The van der Waals surface area contributed by atoms with Crippen molar-refractivity contribution in [1.82, 2.24) is 10.2 Å². The van der Waals surface area contributed by atoms with Crippen LogP contribution in [0.15, 0.2) is 0 Å². The first-order valence-corrected chi connectivity index (χ1v) is 8.01. The van der Waals surface area contributed by atoms with Crippen LogP contribution in [-0.2, 0) is 14.2 Å². The van der Waals surface area contributed by atoms with Crippen LogP contribution in [0.5, 0.6) is 0 Å². The van der Waals surface area contributed by atoms with Crippen LogP contribution in [0.2, 0.25) is 0 Å². The maximum atomic E-state index is 5.92. The highest BCUT2D eigenvalue weighted by Gasteiger charge is 2.46. The van der Waals surface area contributed by atoms with Crippen LogP contribution in [0.1, 0.15) is 33.1 Å². The van der Waals surface area contributed by atoms with E-state index in [0.717, 1.165) is 58.8 Å². The van der Waals surface area contributed by atoms with E-state index in [0.29, 0.717) is 12.1 Å². The van der Waals surface area contributed by atoms with Gasteiger partial charge in [0.2, 0.25) is 0 Å². The van der Waals surface area contributed by atoms with E-state index in [9.17, 15) is 0 Å². The van der Waals surface area contributed by atoms with Crippen LogP contribution in [-0.4, -0.2) is 69.3 Å². The van der Waals surface area contributed by atoms with Crippen LogP contribution >= 0.6 is 0 Å². The molecule has 1 aliphatic carbocycles. The highest BCUT2D eigenvalue weighted by molar-refractivity contribution is 4.95. The summed E-state index contributed by atoms with van der Waals surface area (Å²) in [6, 6.07) is 0.965. The lowest BCUT2D eigenvalue weighted by Crippen LogP contribution is -2.57. The quantitative estimate of drug-likeness (QED) is 0.713. The molecule has 1 aliphatic heterocycles. The fourth-order valence-corrected chi connectivity index (χ4v) is 3.49. The number of ether oxygens (including phenoxy) is 3. The Balaban J connectivity index is 1.98. The van der Waals surface area contributed by atoms with Crippen molar-refractivity contribution in [3.63, 3.8) is 0 Å². The fraction of sp³-hybridized carbons (Fsp3) is 1.00. The largest absolute Gasteiger partial charge is 0.380 e. The second-order valence-electron chi connectivity index (χ2n) is 5.64. The third-order valence-corrected chi connectivity index (χ3v) is 4.61. The van der Waals surface area contributed by atoms with Crippen molar-refractivity contribution in [1.29, 1.82) is 0 Å². The minimum atomic E-state index is -0.322. The summed E-state index contributed by atoms with van der Waals surface area (Å²) < 4.78 is 17.4. The molecule has 5 heteroatoms. The molecule has 118 valence electrons. The van der Waals surface area contributed by atoms with E-state index in [1.165, 1.54) is 0 Å². The van der Waals surface area contributed by atoms with Gasteiger partial charge in [0.15, 0.2) is 5.79 Å². The van der Waals surface area contributed by atoms with Crippen LogP contribution < -0.4 is 5.32 Å². The second kappa shape index (κ2) is 7.71. The van der Waals surface area contributed by atoms with Crippen molar-refractivity contribution in [3.8, 4) is 0 Å². The summed E-state index contributed by atoms with van der Waals surface area (Å²) in [6.07, 6.45) is 3.06. The highest BCUT2D eigenvalue weighted by Crippen LogP contribution is 2.37. The SMILES string of the molecule is CCOCCN(CC)C1CC2(CCC1NC)OCCO2. The van der Waals surface area contributed by atoms with E-state index in [1.807, 2.05) is 6.92 Å². The molecule has 1 saturated heterocycles. The predicted octanol–water partition coefficient (Wildman–Crippen LogP) is 1.23. The van der Waals surface area contributed by atoms with E-state index >= 15 is 0 Å². The minimum Gasteiger partial charge on any atom is -0.380 e. The van der Waals surface area contributed by atoms with Crippen molar-refractivity contribution >= 4 is 0 Å². The molecule has 0 aromatic carbocycles. The van der Waals surface area contributed by atoms with Crippen molar-refractivity contribution in [2.45, 2.75) is 51.0 Å². The summed E-state index contributed by atoms with van der Waals surface area (Å²) in [4.78, 5) is 2.50. The number of likely N-dealkylation sites (N-methyl/N-ethyl adjacent to an activating group) is 2. The third-order valence-electron chi connectivity index (χ3n) is 4.61. The topological polar surface area (TPSA) is 43.0 Å². The van der Waals surface area contributed by atoms with E-state index in [-0.39, 0.29) is 5.79 Å². The molecule has 2 unspecified atom stereocenters. The minimum absolute atomic E-state index is 0.322. The summed E-state index contributed by atoms with van der Waals surface area (Å²) in [6.45, 7) is 9.33. The molecule has 20 heavy (non-hydrogen) atoms. The fourth-order valence-electron chi connectivity index (χ4n) is 3.49. The smallest absolute Gasteiger partial charge is 0.170 e. The Kier molecular flexibility index (Phi) is 6.23. The van der Waals surface area contributed by atoms with E-state index in [2.05, 4.69) is 24.2 Å². The van der Waals surface area contributed by atoms with Gasteiger partial charge in [0.05, 0.1) is 19.8 Å². The molecule has 2 rings (SSSR count). The van der Waals surface area contributed by atoms with Gasteiger partial charge in [0.1, 0.15) is 0 Å². The molecular weight excluding hydrogens is 256 g/mol. The summed E-state index contributed by atoms with van der Waals surface area (Å²) in [7, 11) is 2.06. The van der Waals surface area contributed by atoms with Gasteiger partial charge in [0, 0.05) is 38.1 Å². The van der Waals surface area contributed by atoms with Gasteiger partial charge in [-0.2, -0.15) is 0 Å². The van der Waals surface area contributed by atoms with Crippen LogP contribution in [0, 0.1) is 0 Å². The zero-order valence-electron chi connectivity index (χ0n) is 13.2. The summed E-state index contributed by atoms with van der Waals surface area (Å²) in [5.41, 5.74) is 0. The van der Waals surface area contributed by atoms with Gasteiger partial charge in [-0.25, -0.2) is 0 Å². The summed E-state index contributed by atoms with van der Waals surface area (Å²) >= 11 is 0. The number of nitrogens with zero attached hydrogens (tertiary/aromatic N) is 1. The zero-order chi connectivity index (χ0) is 14.4. The Labute approximate surface area is 122 Å². The van der Waals surface area contributed by atoms with Crippen LogP contribution in [0.3, 0.4) is 0 Å². The Morgan fingerprint density at radius 2 is 2.05 bits per heavy atom. The molecule has 2 fully saturated rings. The molecule has 0 bridgehead atoms. The average molecular weight is 286 g/mol. The zero-order valence-corrected chi connectivity index (χ0v) is 13.2. The molecule has 1 N–H and O–H groups in total.